The molecule has 7 aliphatic carbocycles. The molecule has 10 rings (SSSR count). The van der Waals surface area contributed by atoms with Gasteiger partial charge < -0.3 is 5.32 Å². The molecule has 264 valence electrons. The molecular weight excluding hydrogens is 633 g/mol. The number of allylic oxidation sites excluding steroid dienone is 13. The predicted molar refractivity (Wildman–Crippen MR) is 212 cm³/mol. The van der Waals surface area contributed by atoms with Crippen LogP contribution in [0.15, 0.2) is 125 Å². The van der Waals surface area contributed by atoms with Gasteiger partial charge in [-0.1, -0.05) is 103 Å². The van der Waals surface area contributed by atoms with E-state index in [2.05, 4.69) is 125 Å². The van der Waals surface area contributed by atoms with E-state index >= 15 is 0 Å². The van der Waals surface area contributed by atoms with Crippen LogP contribution in [0.1, 0.15) is 69.0 Å². The summed E-state index contributed by atoms with van der Waals surface area (Å²) in [6, 6.07) is 11.7. The molecule has 8 aliphatic rings. The number of benzene rings is 1. The fourth-order valence-corrected chi connectivity index (χ4v) is 12.0. The topological polar surface area (TPSA) is 53.1 Å². The smallest absolute Gasteiger partial charge is 0.203 e. The molecule has 4 heteroatoms. The SMILES string of the molecule is N#CC1C(C2=CCCC=C2)N=C(n2c3c(c4ccccc42)CC2C(C4CC=C5C=CCCC5C4)CCC4C=CC=CC4C2C3)NC1C1C=CC=CC1. The van der Waals surface area contributed by atoms with Crippen molar-refractivity contribution in [1.82, 2.24) is 9.88 Å². The number of fused-ring (bicyclic) bond motifs is 7. The summed E-state index contributed by atoms with van der Waals surface area (Å²) in [4.78, 5) is 5.58. The number of nitrogens with zero attached hydrogens (tertiary/aromatic N) is 3. The molecule has 0 spiro atoms. The van der Waals surface area contributed by atoms with E-state index in [1.165, 1.54) is 60.7 Å². The highest BCUT2D eigenvalue weighted by atomic mass is 15.3. The fraction of sp³-hybridized carbons (Fsp3) is 0.458. The van der Waals surface area contributed by atoms with Gasteiger partial charge in [-0.2, -0.15) is 5.26 Å². The Kier molecular flexibility index (Phi) is 8.42. The average Bonchev–Trinajstić information content (AvgIpc) is 3.44. The van der Waals surface area contributed by atoms with Gasteiger partial charge in [0.15, 0.2) is 0 Å². The molecule has 1 aromatic heterocycles. The Morgan fingerprint density at radius 1 is 0.769 bits per heavy atom. The first kappa shape index (κ1) is 32.3. The lowest BCUT2D eigenvalue weighted by Crippen LogP contribution is -2.55. The number of rotatable bonds is 3. The Balaban J connectivity index is 1.09. The Labute approximate surface area is 309 Å². The summed E-state index contributed by atoms with van der Waals surface area (Å²) in [6.07, 6.45) is 46.1. The van der Waals surface area contributed by atoms with Crippen LogP contribution in [0, 0.1) is 64.6 Å². The third kappa shape index (κ3) is 5.50. The van der Waals surface area contributed by atoms with Crippen molar-refractivity contribution in [3.63, 3.8) is 0 Å². The first-order valence-corrected chi connectivity index (χ1v) is 20.5. The number of hydrogen-bond acceptors (Lipinski definition) is 3. The molecule has 2 aromatic rings. The summed E-state index contributed by atoms with van der Waals surface area (Å²) in [6.45, 7) is 0. The minimum atomic E-state index is -0.242. The molecule has 1 N–H and O–H groups in total. The molecule has 4 nitrogen and oxygen atoms in total. The lowest BCUT2D eigenvalue weighted by molar-refractivity contribution is 0.114. The van der Waals surface area contributed by atoms with Crippen LogP contribution in [0.4, 0.5) is 0 Å². The van der Waals surface area contributed by atoms with Crippen molar-refractivity contribution in [1.29, 1.82) is 5.26 Å². The first-order valence-electron chi connectivity index (χ1n) is 20.5. The van der Waals surface area contributed by atoms with Crippen LogP contribution < -0.4 is 5.32 Å². The van der Waals surface area contributed by atoms with E-state index in [-0.39, 0.29) is 23.9 Å². The average molecular weight is 685 g/mol. The zero-order valence-electron chi connectivity index (χ0n) is 30.4. The molecule has 11 unspecified atom stereocenters. The maximum absolute atomic E-state index is 10.8. The van der Waals surface area contributed by atoms with Crippen molar-refractivity contribution in [3.8, 4) is 6.07 Å². The van der Waals surface area contributed by atoms with Crippen LogP contribution in [-0.2, 0) is 12.8 Å². The minimum absolute atomic E-state index is 0.0231. The molecular formula is C48H52N4. The Hall–Kier alpha value is -4.36. The molecule has 1 saturated carbocycles. The number of nitrogens with one attached hydrogen (secondary N) is 1. The number of nitriles is 1. The van der Waals surface area contributed by atoms with Gasteiger partial charge >= 0.3 is 0 Å². The number of hydrogen-bond donors (Lipinski definition) is 1. The van der Waals surface area contributed by atoms with Crippen molar-refractivity contribution in [2.24, 2.45) is 58.3 Å². The van der Waals surface area contributed by atoms with Gasteiger partial charge in [0.25, 0.3) is 0 Å². The van der Waals surface area contributed by atoms with Gasteiger partial charge in [0.1, 0.15) is 0 Å². The second-order valence-electron chi connectivity index (χ2n) is 17.0. The molecule has 11 atom stereocenters. The molecule has 0 radical (unpaired) electrons. The molecule has 0 bridgehead atoms. The summed E-state index contributed by atoms with van der Waals surface area (Å²) in [5.41, 5.74) is 7.10. The quantitative estimate of drug-likeness (QED) is 0.350. The van der Waals surface area contributed by atoms with Crippen LogP contribution in [-0.4, -0.2) is 22.6 Å². The van der Waals surface area contributed by atoms with E-state index in [1.54, 1.807) is 11.1 Å². The maximum atomic E-state index is 10.8. The summed E-state index contributed by atoms with van der Waals surface area (Å²) in [5.74, 6) is 5.71. The van der Waals surface area contributed by atoms with Gasteiger partial charge in [-0.15, -0.1) is 0 Å². The van der Waals surface area contributed by atoms with Gasteiger partial charge in [0, 0.05) is 17.0 Å². The summed E-state index contributed by atoms with van der Waals surface area (Å²) < 4.78 is 2.53. The van der Waals surface area contributed by atoms with Crippen LogP contribution in [0.2, 0.25) is 0 Å². The molecule has 1 aromatic carbocycles. The Morgan fingerprint density at radius 2 is 1.63 bits per heavy atom. The lowest BCUT2D eigenvalue weighted by Gasteiger charge is -2.44. The molecule has 52 heavy (non-hydrogen) atoms. The largest absolute Gasteiger partial charge is 0.351 e. The lowest BCUT2D eigenvalue weighted by atomic mass is 9.61. The van der Waals surface area contributed by atoms with E-state index in [1.807, 2.05) is 0 Å². The van der Waals surface area contributed by atoms with Gasteiger partial charge in [-0.3, -0.25) is 4.57 Å². The molecule has 2 heterocycles. The predicted octanol–water partition coefficient (Wildman–Crippen LogP) is 10.1. The van der Waals surface area contributed by atoms with Crippen LogP contribution in [0.25, 0.3) is 10.9 Å². The second-order valence-corrected chi connectivity index (χ2v) is 17.0. The van der Waals surface area contributed by atoms with Crippen molar-refractivity contribution in [2.45, 2.75) is 82.7 Å². The van der Waals surface area contributed by atoms with Crippen molar-refractivity contribution in [2.75, 3.05) is 0 Å². The van der Waals surface area contributed by atoms with Crippen molar-refractivity contribution < 1.29 is 0 Å². The van der Waals surface area contributed by atoms with Gasteiger partial charge in [-0.05, 0) is 135 Å². The summed E-state index contributed by atoms with van der Waals surface area (Å²) >= 11 is 0. The van der Waals surface area contributed by atoms with Gasteiger partial charge in [0.2, 0.25) is 5.96 Å². The third-order valence-corrected chi connectivity index (χ3v) is 14.5. The van der Waals surface area contributed by atoms with E-state index in [0.29, 0.717) is 23.7 Å². The maximum Gasteiger partial charge on any atom is 0.203 e. The first-order chi connectivity index (χ1) is 25.7. The summed E-state index contributed by atoms with van der Waals surface area (Å²) in [5, 5.41) is 16.1. The van der Waals surface area contributed by atoms with Crippen molar-refractivity contribution >= 4 is 16.9 Å². The van der Waals surface area contributed by atoms with Gasteiger partial charge in [0.05, 0.1) is 29.6 Å². The highest BCUT2D eigenvalue weighted by molar-refractivity contribution is 5.98. The molecule has 1 fully saturated rings. The monoisotopic (exact) mass is 684 g/mol. The second kappa shape index (κ2) is 13.6. The molecule has 0 saturated heterocycles. The fourth-order valence-electron chi connectivity index (χ4n) is 12.0. The molecule has 1 aliphatic heterocycles. The Morgan fingerprint density at radius 3 is 2.52 bits per heavy atom. The Bertz CT molecular complexity index is 2050. The highest BCUT2D eigenvalue weighted by Gasteiger charge is 2.48. The van der Waals surface area contributed by atoms with E-state index in [0.717, 1.165) is 55.8 Å². The van der Waals surface area contributed by atoms with E-state index in [4.69, 9.17) is 4.99 Å². The zero-order chi connectivity index (χ0) is 34.6. The zero-order valence-corrected chi connectivity index (χ0v) is 30.4. The van der Waals surface area contributed by atoms with Crippen LogP contribution in [0.3, 0.4) is 0 Å². The molecule has 0 amide bonds. The number of aliphatic imine (C=N–C) groups is 1. The van der Waals surface area contributed by atoms with Crippen molar-refractivity contribution in [3.05, 3.63) is 132 Å². The highest BCUT2D eigenvalue weighted by Crippen LogP contribution is 2.54. The minimum Gasteiger partial charge on any atom is -0.351 e. The van der Waals surface area contributed by atoms with Crippen LogP contribution in [0.5, 0.6) is 0 Å². The van der Waals surface area contributed by atoms with E-state index in [9.17, 15) is 5.26 Å². The van der Waals surface area contributed by atoms with E-state index < -0.39 is 0 Å². The number of aromatic nitrogens is 1. The standard InChI is InChI=1S/C48H52N4/c49-30-43-46(33-15-3-1-4-16-33)50-48(51-47(43)34-17-5-2-6-18-34)52-44-22-12-11-21-39(44)42-28-40-38(36-24-23-31-13-7-8-19-35(31)27-36)26-25-32-14-9-10-20-37(32)41(40)29-45(42)52/h1,3-5,7,9-15,17-18,20-23,32-33,35-38,40-41,43,46-47H,2,6,8,16,19,24-29H2,(H,50,51). The summed E-state index contributed by atoms with van der Waals surface area (Å²) in [7, 11) is 0. The normalized spacial score (nSPS) is 37.4. The number of para-hydroxylation sites is 1. The third-order valence-electron chi connectivity index (χ3n) is 14.5. The van der Waals surface area contributed by atoms with Gasteiger partial charge in [-0.25, -0.2) is 4.99 Å². The van der Waals surface area contributed by atoms with Crippen LogP contribution >= 0.6 is 0 Å².